The zero-order valence-electron chi connectivity index (χ0n) is 7.48. The highest BCUT2D eigenvalue weighted by molar-refractivity contribution is 7.87. The molecule has 0 fully saturated rings. The van der Waals surface area contributed by atoms with Gasteiger partial charge in [-0.2, -0.15) is 8.42 Å². The van der Waals surface area contributed by atoms with Gasteiger partial charge in [-0.15, -0.1) is 0 Å². The first-order chi connectivity index (χ1) is 6.97. The Labute approximate surface area is 90.7 Å². The van der Waals surface area contributed by atoms with Gasteiger partial charge < -0.3 is 8.92 Å². The van der Waals surface area contributed by atoms with Crippen molar-refractivity contribution in [3.63, 3.8) is 0 Å². The van der Waals surface area contributed by atoms with Crippen LogP contribution in [-0.4, -0.2) is 21.5 Å². The second kappa shape index (κ2) is 3.11. The molecule has 1 aromatic rings. The summed E-state index contributed by atoms with van der Waals surface area (Å²) in [5, 5.41) is 0.109. The van der Waals surface area contributed by atoms with E-state index >= 15 is 0 Å². The van der Waals surface area contributed by atoms with Crippen molar-refractivity contribution < 1.29 is 22.1 Å². The maximum absolute atomic E-state index is 11.4. The van der Waals surface area contributed by atoms with Crippen LogP contribution < -0.4 is 4.74 Å². The number of hydrogen-bond acceptors (Lipinski definition) is 5. The molecule has 0 aliphatic carbocycles. The van der Waals surface area contributed by atoms with E-state index in [1.807, 2.05) is 0 Å². The Kier molecular flexibility index (Phi) is 2.13. The zero-order chi connectivity index (χ0) is 11.2. The van der Waals surface area contributed by atoms with Gasteiger partial charge in [0, 0.05) is 0 Å². The predicted octanol–water partition coefficient (Wildman–Crippen LogP) is 1.21. The normalized spacial score (nSPS) is 17.1. The summed E-state index contributed by atoms with van der Waals surface area (Å²) in [4.78, 5) is 10.9. The van der Waals surface area contributed by atoms with Crippen molar-refractivity contribution in [2.24, 2.45) is 0 Å². The molecule has 15 heavy (non-hydrogen) atoms. The van der Waals surface area contributed by atoms with Gasteiger partial charge in [0.15, 0.2) is 10.6 Å². The van der Waals surface area contributed by atoms with Crippen LogP contribution in [0.2, 0.25) is 5.02 Å². The van der Waals surface area contributed by atoms with E-state index < -0.39 is 16.1 Å². The monoisotopic (exact) mass is 248 g/mol. The lowest BCUT2D eigenvalue weighted by atomic mass is 10.2. The summed E-state index contributed by atoms with van der Waals surface area (Å²) in [7, 11) is -2.82. The third-order valence-electron chi connectivity index (χ3n) is 1.92. The fraction of sp³-hybridized carbons (Fsp3) is 0.125. The van der Waals surface area contributed by atoms with Crippen molar-refractivity contribution in [2.45, 2.75) is 4.90 Å². The van der Waals surface area contributed by atoms with Crippen LogP contribution in [0, 0.1) is 0 Å². The molecule has 0 radical (unpaired) electrons. The molecule has 0 atom stereocenters. The molecular formula is C8H5ClO5S. The fourth-order valence-corrected chi connectivity index (χ4v) is 2.83. The highest BCUT2D eigenvalue weighted by Gasteiger charge is 2.39. The molecular weight excluding hydrogens is 244 g/mol. The third kappa shape index (κ3) is 1.37. The quantitative estimate of drug-likeness (QED) is 0.699. The summed E-state index contributed by atoms with van der Waals surface area (Å²) >= 11 is 5.73. The number of carbonyl (C=O) groups is 1. The first kappa shape index (κ1) is 10.3. The molecule has 5 nitrogen and oxygen atoms in total. The average molecular weight is 249 g/mol. The van der Waals surface area contributed by atoms with Crippen molar-refractivity contribution in [3.8, 4) is 5.75 Å². The van der Waals surface area contributed by atoms with E-state index in [4.69, 9.17) is 16.3 Å². The first-order valence-electron chi connectivity index (χ1n) is 3.82. The summed E-state index contributed by atoms with van der Waals surface area (Å²) in [6, 6.07) is 2.66. The number of benzene rings is 1. The van der Waals surface area contributed by atoms with E-state index in [9.17, 15) is 13.2 Å². The maximum Gasteiger partial charge on any atom is 0.355 e. The lowest BCUT2D eigenvalue weighted by Crippen LogP contribution is -2.01. The lowest BCUT2D eigenvalue weighted by Gasteiger charge is -2.05. The van der Waals surface area contributed by atoms with Crippen LogP contribution in [0.1, 0.15) is 10.4 Å². The van der Waals surface area contributed by atoms with E-state index in [1.165, 1.54) is 19.2 Å². The number of fused-ring (bicyclic) bond motifs is 1. The van der Waals surface area contributed by atoms with Crippen LogP contribution in [0.3, 0.4) is 0 Å². The Balaban J connectivity index is 2.87. The number of carbonyl (C=O) groups excluding carboxylic acids is 1. The van der Waals surface area contributed by atoms with Gasteiger partial charge in [0.25, 0.3) is 0 Å². The molecule has 1 aliphatic rings. The lowest BCUT2D eigenvalue weighted by molar-refractivity contribution is 0.0762. The Bertz CT molecular complexity index is 548. The third-order valence-corrected chi connectivity index (χ3v) is 3.50. The molecule has 1 aliphatic heterocycles. The smallest absolute Gasteiger partial charge is 0.355 e. The van der Waals surface area contributed by atoms with Gasteiger partial charge in [0.1, 0.15) is 0 Å². The van der Waals surface area contributed by atoms with Crippen molar-refractivity contribution in [2.75, 3.05) is 7.11 Å². The van der Waals surface area contributed by atoms with E-state index in [-0.39, 0.29) is 21.2 Å². The predicted molar refractivity (Wildman–Crippen MR) is 50.6 cm³/mol. The van der Waals surface area contributed by atoms with Gasteiger partial charge >= 0.3 is 16.1 Å². The van der Waals surface area contributed by atoms with Crippen LogP contribution in [0.15, 0.2) is 17.0 Å². The Morgan fingerprint density at radius 1 is 1.40 bits per heavy atom. The van der Waals surface area contributed by atoms with Crippen molar-refractivity contribution >= 4 is 27.7 Å². The summed E-state index contributed by atoms with van der Waals surface area (Å²) in [5.74, 6) is -0.986. The summed E-state index contributed by atoms with van der Waals surface area (Å²) < 4.78 is 31.9. The zero-order valence-corrected chi connectivity index (χ0v) is 9.05. The number of hydrogen-bond donors (Lipinski definition) is 0. The van der Waals surface area contributed by atoms with Crippen LogP contribution in [0.4, 0.5) is 0 Å². The first-order valence-corrected chi connectivity index (χ1v) is 5.61. The highest BCUT2D eigenvalue weighted by atomic mass is 35.5. The minimum atomic E-state index is -4.08. The molecule has 0 saturated carbocycles. The second-order valence-electron chi connectivity index (χ2n) is 2.78. The highest BCUT2D eigenvalue weighted by Crippen LogP contribution is 2.39. The second-order valence-corrected chi connectivity index (χ2v) is 4.67. The molecule has 2 rings (SSSR count). The molecule has 0 unspecified atom stereocenters. The van der Waals surface area contributed by atoms with Crippen molar-refractivity contribution in [1.29, 1.82) is 0 Å². The number of methoxy groups -OCH3 is 1. The van der Waals surface area contributed by atoms with E-state index in [2.05, 4.69) is 4.18 Å². The molecule has 0 saturated heterocycles. The maximum atomic E-state index is 11.4. The van der Waals surface area contributed by atoms with Gasteiger partial charge in [0.05, 0.1) is 17.7 Å². The standard InChI is InChI=1S/C8H5ClO5S/c1-13-6-5(9)3-2-4-7(6)15(11,12)14-8(4)10/h2-3H,1H3. The van der Waals surface area contributed by atoms with Gasteiger partial charge in [-0.05, 0) is 12.1 Å². The average Bonchev–Trinajstić information content (AvgIpc) is 2.37. The van der Waals surface area contributed by atoms with Crippen molar-refractivity contribution in [1.82, 2.24) is 0 Å². The van der Waals surface area contributed by atoms with E-state index in [0.29, 0.717) is 0 Å². The van der Waals surface area contributed by atoms with Crippen LogP contribution in [0.25, 0.3) is 0 Å². The number of ether oxygens (including phenoxy) is 1. The largest absolute Gasteiger partial charge is 0.494 e. The molecule has 1 heterocycles. The Morgan fingerprint density at radius 3 is 2.67 bits per heavy atom. The van der Waals surface area contributed by atoms with Crippen molar-refractivity contribution in [3.05, 3.63) is 22.7 Å². The molecule has 0 aromatic heterocycles. The fourth-order valence-electron chi connectivity index (χ4n) is 1.32. The van der Waals surface area contributed by atoms with E-state index in [0.717, 1.165) is 0 Å². The number of halogens is 1. The number of rotatable bonds is 1. The Morgan fingerprint density at radius 2 is 2.07 bits per heavy atom. The molecule has 0 bridgehead atoms. The van der Waals surface area contributed by atoms with Crippen LogP contribution >= 0.6 is 11.6 Å². The van der Waals surface area contributed by atoms with Gasteiger partial charge in [-0.25, -0.2) is 4.79 Å². The van der Waals surface area contributed by atoms with Gasteiger partial charge in [0.2, 0.25) is 0 Å². The van der Waals surface area contributed by atoms with E-state index in [1.54, 1.807) is 0 Å². The molecule has 0 amide bonds. The summed E-state index contributed by atoms with van der Waals surface area (Å²) in [6.45, 7) is 0. The van der Waals surface area contributed by atoms with Crippen LogP contribution in [-0.2, 0) is 14.3 Å². The molecule has 80 valence electrons. The minimum Gasteiger partial charge on any atom is -0.494 e. The molecule has 7 heteroatoms. The molecule has 0 spiro atoms. The Hall–Kier alpha value is -1.27. The SMILES string of the molecule is COc1c(Cl)ccc2c1S(=O)(=O)OC2=O. The topological polar surface area (TPSA) is 69.7 Å². The minimum absolute atomic E-state index is 0.0590. The van der Waals surface area contributed by atoms with Gasteiger partial charge in [-0.3, -0.25) is 0 Å². The summed E-state index contributed by atoms with van der Waals surface area (Å²) in [5.41, 5.74) is -0.0590. The summed E-state index contributed by atoms with van der Waals surface area (Å²) in [6.07, 6.45) is 0. The van der Waals surface area contributed by atoms with Crippen LogP contribution in [0.5, 0.6) is 5.75 Å². The van der Waals surface area contributed by atoms with Gasteiger partial charge in [-0.1, -0.05) is 11.6 Å². The molecule has 1 aromatic carbocycles. The molecule has 0 N–H and O–H groups in total.